The average molecular weight is 265 g/mol. The van der Waals surface area contributed by atoms with Gasteiger partial charge in [0.1, 0.15) is 0 Å². The van der Waals surface area contributed by atoms with Gasteiger partial charge >= 0.3 is 0 Å². The molecule has 1 atom stereocenters. The molecule has 1 aliphatic heterocycles. The lowest BCUT2D eigenvalue weighted by atomic mass is 10.0. The highest BCUT2D eigenvalue weighted by molar-refractivity contribution is 5.54. The van der Waals surface area contributed by atoms with Crippen molar-refractivity contribution in [1.29, 1.82) is 0 Å². The number of aliphatic hydroxyl groups excluding tert-OH is 2. The highest BCUT2D eigenvalue weighted by atomic mass is 16.5. The predicted molar refractivity (Wildman–Crippen MR) is 75.3 cm³/mol. The van der Waals surface area contributed by atoms with E-state index in [1.807, 2.05) is 18.2 Å². The Morgan fingerprint density at radius 2 is 2.00 bits per heavy atom. The van der Waals surface area contributed by atoms with Crippen molar-refractivity contribution >= 4 is 5.69 Å². The molecule has 1 unspecified atom stereocenters. The maximum atomic E-state index is 9.82. The lowest BCUT2D eigenvalue weighted by molar-refractivity contribution is 0.0158. The fourth-order valence-electron chi connectivity index (χ4n) is 2.61. The summed E-state index contributed by atoms with van der Waals surface area (Å²) < 4.78 is 5.57. The van der Waals surface area contributed by atoms with Gasteiger partial charge in [0.2, 0.25) is 0 Å². The topological polar surface area (TPSA) is 52.9 Å². The third-order valence-electron chi connectivity index (χ3n) is 3.61. The lowest BCUT2D eigenvalue weighted by Crippen LogP contribution is -2.38. The largest absolute Gasteiger partial charge is 0.394 e. The minimum Gasteiger partial charge on any atom is -0.394 e. The molecule has 1 fully saturated rings. The van der Waals surface area contributed by atoms with Crippen LogP contribution in [0.25, 0.3) is 0 Å². The molecule has 0 amide bonds. The average Bonchev–Trinajstić information content (AvgIpc) is 2.45. The monoisotopic (exact) mass is 265 g/mol. The minimum absolute atomic E-state index is 0.0884. The summed E-state index contributed by atoms with van der Waals surface area (Å²) in [5, 5.41) is 18.6. The number of ether oxygens (including phenoxy) is 1. The molecule has 19 heavy (non-hydrogen) atoms. The van der Waals surface area contributed by atoms with Gasteiger partial charge in [0, 0.05) is 24.3 Å². The van der Waals surface area contributed by atoms with Crippen LogP contribution in [0.2, 0.25) is 0 Å². The number of para-hydroxylation sites is 1. The molecule has 0 saturated carbocycles. The second kappa shape index (κ2) is 6.89. The molecular formula is C15H23NO3. The van der Waals surface area contributed by atoms with Gasteiger partial charge in [-0.3, -0.25) is 0 Å². The van der Waals surface area contributed by atoms with Crippen molar-refractivity contribution < 1.29 is 14.9 Å². The van der Waals surface area contributed by atoms with E-state index in [0.717, 1.165) is 37.2 Å². The van der Waals surface area contributed by atoms with Crippen LogP contribution in [0.1, 0.15) is 31.4 Å². The van der Waals surface area contributed by atoms with Crippen LogP contribution in [0.3, 0.4) is 0 Å². The molecule has 1 aliphatic rings. The molecule has 1 saturated heterocycles. The van der Waals surface area contributed by atoms with Crippen molar-refractivity contribution in [2.24, 2.45) is 0 Å². The molecule has 1 aromatic rings. The first kappa shape index (κ1) is 14.3. The first-order valence-electron chi connectivity index (χ1n) is 6.96. The number of hydrogen-bond acceptors (Lipinski definition) is 4. The van der Waals surface area contributed by atoms with Crippen molar-refractivity contribution in [3.8, 4) is 0 Å². The van der Waals surface area contributed by atoms with Crippen molar-refractivity contribution in [3.63, 3.8) is 0 Å². The van der Waals surface area contributed by atoms with Gasteiger partial charge in [-0.15, -0.1) is 0 Å². The standard InChI is InChI=1S/C15H23NO3/c1-12(18)14-4-2-3-5-15(14)16-8-6-13(7-9-16)19-11-10-17/h2-5,12-13,17-18H,6-11H2,1H3. The van der Waals surface area contributed by atoms with E-state index < -0.39 is 6.10 Å². The van der Waals surface area contributed by atoms with E-state index >= 15 is 0 Å². The molecule has 2 rings (SSSR count). The molecule has 1 heterocycles. The summed E-state index contributed by atoms with van der Waals surface area (Å²) in [5.74, 6) is 0. The Balaban J connectivity index is 1.98. The summed E-state index contributed by atoms with van der Waals surface area (Å²) in [6.45, 7) is 4.18. The quantitative estimate of drug-likeness (QED) is 0.851. The van der Waals surface area contributed by atoms with Gasteiger partial charge in [-0.25, -0.2) is 0 Å². The van der Waals surface area contributed by atoms with Gasteiger partial charge in [-0.1, -0.05) is 18.2 Å². The Morgan fingerprint density at radius 3 is 2.63 bits per heavy atom. The SMILES string of the molecule is CC(O)c1ccccc1N1CCC(OCCO)CC1. The molecule has 0 radical (unpaired) electrons. The van der Waals surface area contributed by atoms with Gasteiger partial charge in [0.25, 0.3) is 0 Å². The summed E-state index contributed by atoms with van der Waals surface area (Å²) in [6.07, 6.45) is 1.74. The minimum atomic E-state index is -0.445. The highest BCUT2D eigenvalue weighted by Crippen LogP contribution is 2.28. The second-order valence-corrected chi connectivity index (χ2v) is 5.02. The van der Waals surface area contributed by atoms with Crippen LogP contribution in [0.15, 0.2) is 24.3 Å². The van der Waals surface area contributed by atoms with E-state index in [0.29, 0.717) is 6.61 Å². The maximum absolute atomic E-state index is 9.82. The van der Waals surface area contributed by atoms with Crippen molar-refractivity contribution in [1.82, 2.24) is 0 Å². The third kappa shape index (κ3) is 3.69. The van der Waals surface area contributed by atoms with Gasteiger partial charge in [-0.05, 0) is 25.8 Å². The molecule has 2 N–H and O–H groups in total. The van der Waals surface area contributed by atoms with Gasteiger partial charge in [0.05, 0.1) is 25.4 Å². The van der Waals surface area contributed by atoms with Crippen LogP contribution in [0, 0.1) is 0 Å². The first-order valence-corrected chi connectivity index (χ1v) is 6.96. The van der Waals surface area contributed by atoms with Crippen LogP contribution in [0.5, 0.6) is 0 Å². The number of piperidine rings is 1. The number of rotatable bonds is 5. The summed E-state index contributed by atoms with van der Waals surface area (Å²) >= 11 is 0. The van der Waals surface area contributed by atoms with E-state index in [-0.39, 0.29) is 12.7 Å². The normalized spacial score (nSPS) is 18.6. The third-order valence-corrected chi connectivity index (χ3v) is 3.61. The van der Waals surface area contributed by atoms with Crippen LogP contribution < -0.4 is 4.90 Å². The molecule has 4 nitrogen and oxygen atoms in total. The van der Waals surface area contributed by atoms with Crippen molar-refractivity contribution in [3.05, 3.63) is 29.8 Å². The number of aliphatic hydroxyl groups is 2. The van der Waals surface area contributed by atoms with Gasteiger partial charge in [0.15, 0.2) is 0 Å². The second-order valence-electron chi connectivity index (χ2n) is 5.02. The first-order chi connectivity index (χ1) is 9.22. The van der Waals surface area contributed by atoms with Crippen LogP contribution in [-0.4, -0.2) is 42.6 Å². The Kier molecular flexibility index (Phi) is 5.19. The Bertz CT molecular complexity index is 387. The number of anilines is 1. The number of hydrogen-bond donors (Lipinski definition) is 2. The van der Waals surface area contributed by atoms with Crippen molar-refractivity contribution in [2.45, 2.75) is 32.0 Å². The molecule has 0 aromatic heterocycles. The predicted octanol–water partition coefficient (Wildman–Crippen LogP) is 1.72. The fraction of sp³-hybridized carbons (Fsp3) is 0.600. The molecule has 0 bridgehead atoms. The van der Waals surface area contributed by atoms with Gasteiger partial charge < -0.3 is 19.8 Å². The molecular weight excluding hydrogens is 242 g/mol. The van der Waals surface area contributed by atoms with Crippen LogP contribution in [0.4, 0.5) is 5.69 Å². The maximum Gasteiger partial charge on any atom is 0.0781 e. The zero-order chi connectivity index (χ0) is 13.7. The fourth-order valence-corrected chi connectivity index (χ4v) is 2.61. The Morgan fingerprint density at radius 1 is 1.32 bits per heavy atom. The molecule has 106 valence electrons. The van der Waals surface area contributed by atoms with E-state index in [9.17, 15) is 5.11 Å². The molecule has 0 aliphatic carbocycles. The van der Waals surface area contributed by atoms with Gasteiger partial charge in [-0.2, -0.15) is 0 Å². The molecule has 4 heteroatoms. The summed E-state index contributed by atoms with van der Waals surface area (Å²) in [4.78, 5) is 2.31. The molecule has 1 aromatic carbocycles. The smallest absolute Gasteiger partial charge is 0.0781 e. The zero-order valence-electron chi connectivity index (χ0n) is 11.5. The number of benzene rings is 1. The lowest BCUT2D eigenvalue weighted by Gasteiger charge is -2.35. The van der Waals surface area contributed by atoms with E-state index in [2.05, 4.69) is 11.0 Å². The zero-order valence-corrected chi connectivity index (χ0v) is 11.5. The summed E-state index contributed by atoms with van der Waals surface area (Å²) in [6, 6.07) is 8.02. The molecule has 0 spiro atoms. The van der Waals surface area contributed by atoms with Crippen molar-refractivity contribution in [2.75, 3.05) is 31.2 Å². The number of nitrogens with zero attached hydrogens (tertiary/aromatic N) is 1. The van der Waals surface area contributed by atoms with E-state index in [1.165, 1.54) is 0 Å². The Labute approximate surface area is 114 Å². The van der Waals surface area contributed by atoms with E-state index in [4.69, 9.17) is 9.84 Å². The summed E-state index contributed by atoms with van der Waals surface area (Å²) in [5.41, 5.74) is 2.11. The highest BCUT2D eigenvalue weighted by Gasteiger charge is 2.22. The Hall–Kier alpha value is -1.10. The van der Waals surface area contributed by atoms with Crippen LogP contribution >= 0.6 is 0 Å². The van der Waals surface area contributed by atoms with E-state index in [1.54, 1.807) is 6.92 Å². The summed E-state index contributed by atoms with van der Waals surface area (Å²) in [7, 11) is 0. The van der Waals surface area contributed by atoms with Crippen LogP contribution in [-0.2, 0) is 4.74 Å².